The zero-order valence-corrected chi connectivity index (χ0v) is 31.4. The topological polar surface area (TPSA) is 132 Å². The summed E-state index contributed by atoms with van der Waals surface area (Å²) in [7, 11) is 2.56. The van der Waals surface area contributed by atoms with E-state index in [1.807, 2.05) is 0 Å². The van der Waals surface area contributed by atoms with Crippen LogP contribution in [0.25, 0.3) is 0 Å². The van der Waals surface area contributed by atoms with Gasteiger partial charge in [0.15, 0.2) is 17.3 Å². The van der Waals surface area contributed by atoms with Crippen LogP contribution in [0.5, 0.6) is 11.5 Å². The van der Waals surface area contributed by atoms with Gasteiger partial charge in [0.25, 0.3) is 23.6 Å². The van der Waals surface area contributed by atoms with Crippen LogP contribution in [-0.4, -0.2) is 57.9 Å². The molecule has 4 amide bonds. The number of hydrogen-bond donors (Lipinski definition) is 2. The van der Waals surface area contributed by atoms with E-state index < -0.39 is 82.1 Å². The lowest BCUT2D eigenvalue weighted by atomic mass is 9.49. The summed E-state index contributed by atoms with van der Waals surface area (Å²) in [5.41, 5.74) is 1.03. The summed E-state index contributed by atoms with van der Waals surface area (Å²) >= 11 is 12.6. The number of carbonyl (C=O) groups is 4. The Balaban J connectivity index is 1.30. The van der Waals surface area contributed by atoms with Gasteiger partial charge in [-0.2, -0.15) is 23.2 Å². The first-order chi connectivity index (χ1) is 27.1. The maximum Gasteiger partial charge on any atom is 0.433 e. The van der Waals surface area contributed by atoms with E-state index in [1.165, 1.54) is 32.4 Å². The normalized spacial score (nSPS) is 25.5. The predicted molar refractivity (Wildman–Crippen MR) is 198 cm³/mol. The molecule has 3 heterocycles. The number of carbonyl (C=O) groups excluding carboxylic acids is 4. The minimum absolute atomic E-state index is 0.0303. The Labute approximate surface area is 332 Å². The van der Waals surface area contributed by atoms with Crippen molar-refractivity contribution in [1.29, 1.82) is 0 Å². The number of nitrogens with one attached hydrogen (secondary N) is 1. The molecule has 1 aromatic heterocycles. The molecule has 11 nitrogen and oxygen atoms in total. The fraction of sp³-hybridized carbons (Fsp3) is 0.275. The smallest absolute Gasteiger partial charge is 0.433 e. The maximum atomic E-state index is 15.3. The molecule has 0 bridgehead atoms. The van der Waals surface area contributed by atoms with Crippen molar-refractivity contribution < 1.29 is 46.6 Å². The molecule has 8 rings (SSSR count). The number of fused-ring (bicyclic) bond motifs is 4. The summed E-state index contributed by atoms with van der Waals surface area (Å²) in [5.74, 6) is -9.63. The van der Waals surface area contributed by atoms with Crippen LogP contribution < -0.4 is 15.2 Å². The van der Waals surface area contributed by atoms with Crippen LogP contribution >= 0.6 is 23.2 Å². The molecular formula is C40H31Cl2F4N5O6. The lowest BCUT2D eigenvalue weighted by molar-refractivity contribution is -0.142. The minimum atomic E-state index is -4.85. The van der Waals surface area contributed by atoms with E-state index in [4.69, 9.17) is 27.9 Å². The number of ether oxygens (including phenoxy) is 1. The number of rotatable bonds is 7. The molecule has 0 spiro atoms. The van der Waals surface area contributed by atoms with Crippen molar-refractivity contribution in [3.8, 4) is 11.5 Å². The number of methoxy groups -OCH3 is 1. The summed E-state index contributed by atoms with van der Waals surface area (Å²) in [6.45, 7) is 0. The molecule has 6 unspecified atom stereocenters. The Bertz CT molecular complexity index is 2380. The molecule has 2 aliphatic carbocycles. The number of halogens is 6. The average Bonchev–Trinajstić information content (AvgIpc) is 3.56. The number of hydrogen-bond acceptors (Lipinski definition) is 9. The van der Waals surface area contributed by atoms with E-state index in [0.717, 1.165) is 33.2 Å². The van der Waals surface area contributed by atoms with Gasteiger partial charge in [0, 0.05) is 23.6 Å². The van der Waals surface area contributed by atoms with Crippen molar-refractivity contribution in [2.45, 2.75) is 30.4 Å². The highest BCUT2D eigenvalue weighted by atomic mass is 35.5. The van der Waals surface area contributed by atoms with Gasteiger partial charge in [0.05, 0.1) is 41.0 Å². The molecule has 17 heteroatoms. The van der Waals surface area contributed by atoms with Crippen LogP contribution in [0.2, 0.25) is 10.0 Å². The first-order valence-electron chi connectivity index (χ1n) is 17.7. The van der Waals surface area contributed by atoms with Gasteiger partial charge in [0.1, 0.15) is 11.5 Å². The van der Waals surface area contributed by atoms with Crippen LogP contribution in [0.1, 0.15) is 35.6 Å². The summed E-state index contributed by atoms with van der Waals surface area (Å²) in [6.07, 6.45) is -3.28. The Hall–Kier alpha value is -5.67. The number of allylic oxidation sites excluding steroid dienone is 2. The van der Waals surface area contributed by atoms with Gasteiger partial charge in [-0.05, 0) is 78.9 Å². The quantitative estimate of drug-likeness (QED) is 0.112. The third-order valence-corrected chi connectivity index (χ3v) is 12.1. The number of imide groups is 2. The molecule has 57 heavy (non-hydrogen) atoms. The average molecular weight is 825 g/mol. The van der Waals surface area contributed by atoms with Gasteiger partial charge >= 0.3 is 6.18 Å². The number of benzene rings is 3. The molecular weight excluding hydrogens is 793 g/mol. The number of amides is 4. The zero-order valence-electron chi connectivity index (χ0n) is 29.9. The number of nitrogens with zero attached hydrogens (tertiary/aromatic N) is 4. The molecule has 1 saturated carbocycles. The fourth-order valence-corrected chi connectivity index (χ4v) is 9.48. The summed E-state index contributed by atoms with van der Waals surface area (Å²) in [6, 6.07) is 17.7. The van der Waals surface area contributed by atoms with E-state index in [2.05, 4.69) is 10.4 Å². The highest BCUT2D eigenvalue weighted by Gasteiger charge is 2.71. The summed E-state index contributed by atoms with van der Waals surface area (Å²) in [4.78, 5) is 62.5. The van der Waals surface area contributed by atoms with Crippen molar-refractivity contribution in [3.63, 3.8) is 0 Å². The molecule has 4 aromatic rings. The molecule has 2 saturated heterocycles. The van der Waals surface area contributed by atoms with Crippen LogP contribution in [0, 0.1) is 29.5 Å². The van der Waals surface area contributed by atoms with Gasteiger partial charge in [-0.3, -0.25) is 29.6 Å². The van der Waals surface area contributed by atoms with Gasteiger partial charge in [-0.25, -0.2) is 9.37 Å². The summed E-state index contributed by atoms with van der Waals surface area (Å²) in [5, 5.41) is 14.4. The number of pyridine rings is 1. The largest absolute Gasteiger partial charge is 0.504 e. The number of aromatic hydroxyl groups is 1. The van der Waals surface area contributed by atoms with Crippen molar-refractivity contribution in [1.82, 2.24) is 15.0 Å². The van der Waals surface area contributed by atoms with Crippen LogP contribution in [-0.2, 0) is 30.8 Å². The number of anilines is 2. The molecule has 3 fully saturated rings. The molecule has 294 valence electrons. The van der Waals surface area contributed by atoms with Crippen molar-refractivity contribution in [3.05, 3.63) is 123 Å². The van der Waals surface area contributed by atoms with E-state index in [0.29, 0.717) is 22.2 Å². The second-order valence-corrected chi connectivity index (χ2v) is 15.1. The predicted octanol–water partition coefficient (Wildman–Crippen LogP) is 7.30. The second kappa shape index (κ2) is 13.8. The van der Waals surface area contributed by atoms with Gasteiger partial charge in [-0.15, -0.1) is 0 Å². The lowest BCUT2D eigenvalue weighted by Gasteiger charge is -2.50. The Kier molecular flexibility index (Phi) is 9.23. The molecule has 2 N–H and O–H groups in total. The Morgan fingerprint density at radius 3 is 2.30 bits per heavy atom. The zero-order chi connectivity index (χ0) is 40.7. The monoisotopic (exact) mass is 823 g/mol. The van der Waals surface area contributed by atoms with Crippen LogP contribution in [0.4, 0.5) is 29.1 Å². The highest BCUT2D eigenvalue weighted by Crippen LogP contribution is 2.65. The number of para-hydroxylation sites is 1. The highest BCUT2D eigenvalue weighted by molar-refractivity contribution is 6.33. The van der Waals surface area contributed by atoms with Crippen LogP contribution in [0.3, 0.4) is 0 Å². The SMILES string of the molecule is COc1cccc(C2C3=CCC4C(=O)N(N(C)c5nc(C(F)(F)F)ccc5Cl)C(=O)C4C3CC3C(=O)N(Nc4ccc(F)cc4)C(=O)C32c2ccc(Cl)cc2)c1O. The van der Waals surface area contributed by atoms with Gasteiger partial charge < -0.3 is 9.84 Å². The van der Waals surface area contributed by atoms with Gasteiger partial charge in [0.2, 0.25) is 0 Å². The van der Waals surface area contributed by atoms with Crippen molar-refractivity contribution in [2.24, 2.45) is 23.7 Å². The Morgan fingerprint density at radius 2 is 1.63 bits per heavy atom. The first-order valence-corrected chi connectivity index (χ1v) is 18.4. The van der Waals surface area contributed by atoms with Crippen molar-refractivity contribution >= 4 is 58.3 Å². The van der Waals surface area contributed by atoms with Crippen molar-refractivity contribution in [2.75, 3.05) is 24.6 Å². The molecule has 6 atom stereocenters. The second-order valence-electron chi connectivity index (χ2n) is 14.3. The molecule has 4 aliphatic rings. The number of phenolic OH excluding ortho intramolecular Hbond substituents is 1. The van der Waals surface area contributed by atoms with E-state index in [9.17, 15) is 37.1 Å². The third-order valence-electron chi connectivity index (χ3n) is 11.5. The Morgan fingerprint density at radius 1 is 0.930 bits per heavy atom. The maximum absolute atomic E-state index is 15.3. The number of alkyl halides is 3. The minimum Gasteiger partial charge on any atom is -0.504 e. The number of hydrazine groups is 2. The van der Waals surface area contributed by atoms with E-state index in [-0.39, 0.29) is 40.6 Å². The first kappa shape index (κ1) is 38.2. The summed E-state index contributed by atoms with van der Waals surface area (Å²) < 4.78 is 60.5. The van der Waals surface area contributed by atoms with E-state index in [1.54, 1.807) is 42.5 Å². The number of phenols is 1. The molecule has 0 radical (unpaired) electrons. The fourth-order valence-electron chi connectivity index (χ4n) is 9.13. The van der Waals surface area contributed by atoms with Gasteiger partial charge in [-0.1, -0.05) is 59.1 Å². The lowest BCUT2D eigenvalue weighted by Crippen LogP contribution is -2.53. The number of aromatic nitrogens is 1. The third kappa shape index (κ3) is 5.80. The standard InChI is InChI=1S/C40H31Cl2F4N5O6/c1-49(34-28(42)16-17-30(47-34)40(44,45)46)51-35(53)24-15-14-23-26(31(24)37(51)55)18-27-36(54)50(48-22-12-10-21(43)11-13-22)38(56)39(27,19-6-8-20(41)9-7-19)32(23)25-4-3-5-29(57-2)33(25)52/h3-14,16-17,24,26-27,31-32,48,52H,15,18H2,1-2H3. The van der Waals surface area contributed by atoms with E-state index >= 15 is 4.79 Å². The van der Waals surface area contributed by atoms with Crippen LogP contribution in [0.15, 0.2) is 90.5 Å². The molecule has 2 aliphatic heterocycles. The molecule has 3 aromatic carbocycles.